The molecule has 0 saturated carbocycles. The smallest absolute Gasteiger partial charge is 0.265 e. The van der Waals surface area contributed by atoms with E-state index in [1.807, 2.05) is 36.4 Å². The van der Waals surface area contributed by atoms with Crippen LogP contribution < -0.4 is 19.3 Å². The van der Waals surface area contributed by atoms with Gasteiger partial charge in [0.25, 0.3) is 5.91 Å². The molecule has 2 aromatic carbocycles. The topological polar surface area (TPSA) is 59.1 Å². The second-order valence-electron chi connectivity index (χ2n) is 5.60. The summed E-state index contributed by atoms with van der Waals surface area (Å²) in [6.45, 7) is 0.837. The van der Waals surface area contributed by atoms with Crippen LogP contribution >= 0.6 is 0 Å². The summed E-state index contributed by atoms with van der Waals surface area (Å²) in [6, 6.07) is 14.7. The van der Waals surface area contributed by atoms with Gasteiger partial charge >= 0.3 is 0 Å². The summed E-state index contributed by atoms with van der Waals surface area (Å²) in [5.74, 6) is 0.942. The number of carbonyl (C=O) groups excluding carboxylic acids is 2. The molecule has 2 aromatic rings. The van der Waals surface area contributed by atoms with Crippen LogP contribution in [-0.4, -0.2) is 38.1 Å². The zero-order chi connectivity index (χ0) is 16.5. The van der Waals surface area contributed by atoms with Crippen molar-refractivity contribution in [2.45, 2.75) is 0 Å². The summed E-state index contributed by atoms with van der Waals surface area (Å²) in [5, 5.41) is 0. The van der Waals surface area contributed by atoms with E-state index in [-0.39, 0.29) is 25.0 Å². The van der Waals surface area contributed by atoms with Gasteiger partial charge in [-0.05, 0) is 24.3 Å². The van der Waals surface area contributed by atoms with Gasteiger partial charge < -0.3 is 14.4 Å². The standard InChI is InChI=1S/C18H16N2O4/c21-17(19-9-10-23-15-7-3-1-5-13(15)19)11-20-14-6-2-4-8-16(14)24-12-18(20)22/h1-8H,9-12H2. The molecule has 6 heteroatoms. The average Bonchev–Trinajstić information content (AvgIpc) is 2.63. The molecule has 122 valence electrons. The highest BCUT2D eigenvalue weighted by molar-refractivity contribution is 6.06. The lowest BCUT2D eigenvalue weighted by Crippen LogP contribution is -2.48. The van der Waals surface area contributed by atoms with E-state index in [9.17, 15) is 9.59 Å². The predicted molar refractivity (Wildman–Crippen MR) is 88.6 cm³/mol. The number of ether oxygens (including phenoxy) is 2. The number of fused-ring (bicyclic) bond motifs is 2. The molecule has 2 aliphatic heterocycles. The van der Waals surface area contributed by atoms with Gasteiger partial charge in [0.15, 0.2) is 6.61 Å². The van der Waals surface area contributed by atoms with Gasteiger partial charge in [-0.15, -0.1) is 0 Å². The van der Waals surface area contributed by atoms with E-state index in [1.54, 1.807) is 17.0 Å². The van der Waals surface area contributed by atoms with Crippen LogP contribution in [0.15, 0.2) is 48.5 Å². The number of nitrogens with zero attached hydrogens (tertiary/aromatic N) is 2. The van der Waals surface area contributed by atoms with Crippen molar-refractivity contribution in [3.05, 3.63) is 48.5 Å². The summed E-state index contributed by atoms with van der Waals surface area (Å²) in [6.07, 6.45) is 0. The summed E-state index contributed by atoms with van der Waals surface area (Å²) in [5.41, 5.74) is 1.37. The van der Waals surface area contributed by atoms with E-state index in [0.717, 1.165) is 5.69 Å². The number of para-hydroxylation sites is 4. The van der Waals surface area contributed by atoms with Crippen molar-refractivity contribution in [1.82, 2.24) is 0 Å². The molecule has 0 unspecified atom stereocenters. The molecule has 0 N–H and O–H groups in total. The molecule has 0 atom stereocenters. The minimum atomic E-state index is -0.219. The third kappa shape index (κ3) is 2.46. The Labute approximate surface area is 139 Å². The lowest BCUT2D eigenvalue weighted by molar-refractivity contribution is -0.124. The maximum Gasteiger partial charge on any atom is 0.265 e. The van der Waals surface area contributed by atoms with Crippen LogP contribution in [0.2, 0.25) is 0 Å². The second-order valence-corrected chi connectivity index (χ2v) is 5.60. The molecule has 0 spiro atoms. The number of amides is 2. The fourth-order valence-electron chi connectivity index (χ4n) is 2.98. The number of hydrogen-bond acceptors (Lipinski definition) is 4. The van der Waals surface area contributed by atoms with Crippen molar-refractivity contribution in [3.63, 3.8) is 0 Å². The Morgan fingerprint density at radius 1 is 0.958 bits per heavy atom. The molecular weight excluding hydrogens is 308 g/mol. The normalized spacial score (nSPS) is 15.9. The van der Waals surface area contributed by atoms with E-state index in [2.05, 4.69) is 0 Å². The van der Waals surface area contributed by atoms with Gasteiger partial charge in [-0.1, -0.05) is 24.3 Å². The first-order valence-corrected chi connectivity index (χ1v) is 7.78. The average molecular weight is 324 g/mol. The number of anilines is 2. The van der Waals surface area contributed by atoms with Gasteiger partial charge in [0.1, 0.15) is 24.7 Å². The van der Waals surface area contributed by atoms with Crippen molar-refractivity contribution in [3.8, 4) is 11.5 Å². The Bertz CT molecular complexity index is 805. The molecule has 0 aromatic heterocycles. The van der Waals surface area contributed by atoms with Gasteiger partial charge in [0.2, 0.25) is 5.91 Å². The Hall–Kier alpha value is -3.02. The number of hydrogen-bond donors (Lipinski definition) is 0. The van der Waals surface area contributed by atoms with Crippen LogP contribution in [0.3, 0.4) is 0 Å². The first-order valence-electron chi connectivity index (χ1n) is 7.78. The molecule has 2 heterocycles. The molecular formula is C18H16N2O4. The van der Waals surface area contributed by atoms with Gasteiger partial charge in [-0.2, -0.15) is 0 Å². The van der Waals surface area contributed by atoms with Crippen molar-refractivity contribution >= 4 is 23.2 Å². The zero-order valence-electron chi connectivity index (χ0n) is 13.0. The van der Waals surface area contributed by atoms with Gasteiger partial charge in [-0.3, -0.25) is 14.5 Å². The van der Waals surface area contributed by atoms with Crippen molar-refractivity contribution in [2.24, 2.45) is 0 Å². The summed E-state index contributed by atoms with van der Waals surface area (Å²) in [7, 11) is 0. The third-order valence-electron chi connectivity index (χ3n) is 4.13. The molecule has 0 radical (unpaired) electrons. The van der Waals surface area contributed by atoms with Crippen LogP contribution in [0, 0.1) is 0 Å². The zero-order valence-corrected chi connectivity index (χ0v) is 13.0. The molecule has 6 nitrogen and oxygen atoms in total. The SMILES string of the molecule is O=C(CN1C(=O)COc2ccccc21)N1CCOc2ccccc21. The van der Waals surface area contributed by atoms with E-state index >= 15 is 0 Å². The van der Waals surface area contributed by atoms with Gasteiger partial charge in [0, 0.05) is 0 Å². The summed E-state index contributed by atoms with van der Waals surface area (Å²) < 4.78 is 11.0. The molecule has 0 aliphatic carbocycles. The molecule has 2 amide bonds. The highest BCUT2D eigenvalue weighted by atomic mass is 16.5. The number of benzene rings is 2. The van der Waals surface area contributed by atoms with Crippen LogP contribution in [0.1, 0.15) is 0 Å². The highest BCUT2D eigenvalue weighted by Crippen LogP contribution is 2.33. The largest absolute Gasteiger partial charge is 0.490 e. The first-order chi connectivity index (χ1) is 11.7. The molecule has 0 fully saturated rings. The maximum atomic E-state index is 12.8. The number of carbonyl (C=O) groups is 2. The van der Waals surface area contributed by atoms with Crippen molar-refractivity contribution < 1.29 is 19.1 Å². The molecule has 24 heavy (non-hydrogen) atoms. The monoisotopic (exact) mass is 324 g/mol. The Kier molecular flexibility index (Phi) is 3.57. The van der Waals surface area contributed by atoms with Gasteiger partial charge in [-0.25, -0.2) is 0 Å². The Morgan fingerprint density at radius 2 is 1.62 bits per heavy atom. The van der Waals surface area contributed by atoms with E-state index < -0.39 is 0 Å². The highest BCUT2D eigenvalue weighted by Gasteiger charge is 2.30. The Morgan fingerprint density at radius 3 is 2.42 bits per heavy atom. The van der Waals surface area contributed by atoms with Crippen LogP contribution in [0.4, 0.5) is 11.4 Å². The molecule has 0 bridgehead atoms. The van der Waals surface area contributed by atoms with Crippen molar-refractivity contribution in [1.29, 1.82) is 0 Å². The summed E-state index contributed by atoms with van der Waals surface area (Å²) >= 11 is 0. The third-order valence-corrected chi connectivity index (χ3v) is 4.13. The minimum absolute atomic E-state index is 0.0203. The maximum absolute atomic E-state index is 12.8. The van der Waals surface area contributed by atoms with Crippen LogP contribution in [0.25, 0.3) is 0 Å². The Balaban J connectivity index is 1.60. The fourth-order valence-corrected chi connectivity index (χ4v) is 2.98. The lowest BCUT2D eigenvalue weighted by atomic mass is 10.2. The number of rotatable bonds is 2. The van der Waals surface area contributed by atoms with E-state index in [0.29, 0.717) is 30.3 Å². The van der Waals surface area contributed by atoms with E-state index in [1.165, 1.54) is 4.90 Å². The lowest BCUT2D eigenvalue weighted by Gasteiger charge is -2.33. The minimum Gasteiger partial charge on any atom is -0.490 e. The molecule has 4 rings (SSSR count). The fraction of sp³-hybridized carbons (Fsp3) is 0.222. The first kappa shape index (κ1) is 14.6. The summed E-state index contributed by atoms with van der Waals surface area (Å²) in [4.78, 5) is 28.2. The molecule has 0 saturated heterocycles. The quantitative estimate of drug-likeness (QED) is 0.846. The second kappa shape index (κ2) is 5.88. The van der Waals surface area contributed by atoms with Gasteiger partial charge in [0.05, 0.1) is 17.9 Å². The predicted octanol–water partition coefficient (Wildman–Crippen LogP) is 1.84. The van der Waals surface area contributed by atoms with Crippen molar-refractivity contribution in [2.75, 3.05) is 36.1 Å². The molecule has 2 aliphatic rings. The van der Waals surface area contributed by atoms with Crippen LogP contribution in [-0.2, 0) is 9.59 Å². The van der Waals surface area contributed by atoms with Crippen LogP contribution in [0.5, 0.6) is 11.5 Å². The van der Waals surface area contributed by atoms with E-state index in [4.69, 9.17) is 9.47 Å².